The van der Waals surface area contributed by atoms with Crippen molar-refractivity contribution in [2.24, 2.45) is 11.8 Å². The first-order valence-electron chi connectivity index (χ1n) is 3.19. The molecule has 0 aliphatic carbocycles. The highest BCUT2D eigenvalue weighted by Crippen LogP contribution is 2.33. The molecule has 2 fully saturated rings. The topological polar surface area (TPSA) is 32.5 Å². The van der Waals surface area contributed by atoms with Gasteiger partial charge in [0.1, 0.15) is 0 Å². The van der Waals surface area contributed by atoms with E-state index in [1.54, 1.807) is 0 Å². The van der Waals surface area contributed by atoms with Gasteiger partial charge in [0.2, 0.25) is 0 Å². The molecule has 2 saturated heterocycles. The average Bonchev–Trinajstić information content (AvgIpc) is 2.08. The molecule has 2 unspecified atom stereocenters. The predicted octanol–water partition coefficient (Wildman–Crippen LogP) is -0.174. The van der Waals surface area contributed by atoms with Crippen LogP contribution >= 0.6 is 22.9 Å². The van der Waals surface area contributed by atoms with E-state index in [-0.39, 0.29) is 0 Å². The highest BCUT2D eigenvalue weighted by atomic mass is 127. The first-order valence-corrected chi connectivity index (χ1v) is 4.16. The number of hydrogen-bond acceptors (Lipinski definition) is 3. The number of hydrazine groups is 1. The molecular formula is C5H10IN3. The molecule has 0 spiro atoms. The molecule has 0 radical (unpaired) electrons. The van der Waals surface area contributed by atoms with Gasteiger partial charge in [0.05, 0.1) is 0 Å². The van der Waals surface area contributed by atoms with Crippen molar-refractivity contribution in [3.8, 4) is 0 Å². The van der Waals surface area contributed by atoms with Gasteiger partial charge in [-0.15, -0.1) is 0 Å². The van der Waals surface area contributed by atoms with Crippen molar-refractivity contribution in [2.75, 3.05) is 19.6 Å². The maximum atomic E-state index is 5.62. The van der Waals surface area contributed by atoms with Gasteiger partial charge in [-0.2, -0.15) is 0 Å². The van der Waals surface area contributed by atoms with Crippen molar-refractivity contribution in [3.05, 3.63) is 0 Å². The zero-order chi connectivity index (χ0) is 6.43. The van der Waals surface area contributed by atoms with Crippen LogP contribution < -0.4 is 5.84 Å². The Labute approximate surface area is 68.6 Å². The van der Waals surface area contributed by atoms with Crippen molar-refractivity contribution in [3.63, 3.8) is 0 Å². The van der Waals surface area contributed by atoms with E-state index >= 15 is 0 Å². The van der Waals surface area contributed by atoms with Crippen molar-refractivity contribution < 1.29 is 0 Å². The van der Waals surface area contributed by atoms with E-state index in [2.05, 4.69) is 26.0 Å². The van der Waals surface area contributed by atoms with Crippen LogP contribution in [0.3, 0.4) is 0 Å². The van der Waals surface area contributed by atoms with Crippen LogP contribution in [0, 0.1) is 5.92 Å². The Balaban J connectivity index is 2.00. The number of halogens is 1. The lowest BCUT2D eigenvalue weighted by Gasteiger charge is -2.38. The van der Waals surface area contributed by atoms with Crippen LogP contribution in [0.5, 0.6) is 0 Å². The monoisotopic (exact) mass is 239 g/mol. The summed E-state index contributed by atoms with van der Waals surface area (Å²) in [5.41, 5.74) is 0. The zero-order valence-corrected chi connectivity index (χ0v) is 7.28. The Kier molecular flexibility index (Phi) is 1.44. The summed E-state index contributed by atoms with van der Waals surface area (Å²) < 4.78 is 2.34. The Morgan fingerprint density at radius 1 is 1.33 bits per heavy atom. The highest BCUT2D eigenvalue weighted by molar-refractivity contribution is 14.1. The predicted molar refractivity (Wildman–Crippen MR) is 43.8 cm³/mol. The molecule has 9 heavy (non-hydrogen) atoms. The first-order chi connectivity index (χ1) is 4.27. The third kappa shape index (κ3) is 0.886. The summed E-state index contributed by atoms with van der Waals surface area (Å²) in [7, 11) is 0. The van der Waals surface area contributed by atoms with Crippen LogP contribution in [0.15, 0.2) is 0 Å². The zero-order valence-electron chi connectivity index (χ0n) is 5.13. The van der Waals surface area contributed by atoms with Crippen molar-refractivity contribution in [1.82, 2.24) is 8.12 Å². The summed E-state index contributed by atoms with van der Waals surface area (Å²) in [6.07, 6.45) is 0. The van der Waals surface area contributed by atoms with E-state index in [1.165, 1.54) is 6.54 Å². The summed E-state index contributed by atoms with van der Waals surface area (Å²) in [5, 5.41) is 1.92. The first kappa shape index (κ1) is 6.33. The number of hydrogen-bond donors (Lipinski definition) is 1. The van der Waals surface area contributed by atoms with E-state index in [0.717, 1.165) is 25.0 Å². The molecule has 3 nitrogen and oxygen atoms in total. The van der Waals surface area contributed by atoms with Crippen LogP contribution in [0.2, 0.25) is 0 Å². The van der Waals surface area contributed by atoms with Gasteiger partial charge in [-0.3, -0.25) is 5.84 Å². The molecule has 0 aromatic heterocycles. The maximum absolute atomic E-state index is 5.62. The normalized spacial score (nSPS) is 44.7. The number of fused-ring (bicyclic) bond motifs is 1. The fourth-order valence-electron chi connectivity index (χ4n) is 1.60. The molecule has 0 bridgehead atoms. The second-order valence-electron chi connectivity index (χ2n) is 2.86. The molecule has 2 atom stereocenters. The molecule has 2 aliphatic heterocycles. The second-order valence-corrected chi connectivity index (χ2v) is 4.10. The molecule has 2 heterocycles. The van der Waals surface area contributed by atoms with E-state index in [9.17, 15) is 0 Å². The quantitative estimate of drug-likeness (QED) is 0.362. The van der Waals surface area contributed by atoms with Crippen LogP contribution in [-0.2, 0) is 0 Å². The molecule has 0 aromatic carbocycles. The van der Waals surface area contributed by atoms with Crippen LogP contribution in [-0.4, -0.2) is 33.8 Å². The van der Waals surface area contributed by atoms with Gasteiger partial charge in [0.25, 0.3) is 0 Å². The van der Waals surface area contributed by atoms with Crippen LogP contribution in [0.4, 0.5) is 0 Å². The summed E-state index contributed by atoms with van der Waals surface area (Å²) in [6, 6.07) is 0.760. The Morgan fingerprint density at radius 2 is 2.11 bits per heavy atom. The molecule has 0 aromatic rings. The second kappa shape index (κ2) is 2.05. The lowest BCUT2D eigenvalue weighted by molar-refractivity contribution is 0.188. The summed E-state index contributed by atoms with van der Waals surface area (Å²) in [5.74, 6) is 6.49. The maximum Gasteiger partial charge on any atom is 0.0389 e. The molecule has 52 valence electrons. The number of nitrogens with two attached hydrogens (primary N) is 1. The minimum atomic E-state index is 0.760. The molecule has 2 N–H and O–H groups in total. The van der Waals surface area contributed by atoms with Crippen molar-refractivity contribution in [2.45, 2.75) is 6.04 Å². The molecule has 4 heteroatoms. The number of nitrogens with zero attached hydrogens (tertiary/aromatic N) is 2. The summed E-state index contributed by atoms with van der Waals surface area (Å²) >= 11 is 2.37. The molecule has 2 rings (SSSR count). The average molecular weight is 239 g/mol. The van der Waals surface area contributed by atoms with Gasteiger partial charge in [-0.25, -0.2) is 8.12 Å². The van der Waals surface area contributed by atoms with Crippen molar-refractivity contribution in [1.29, 1.82) is 0 Å². The molecular weight excluding hydrogens is 229 g/mol. The van der Waals surface area contributed by atoms with E-state index in [4.69, 9.17) is 5.84 Å². The third-order valence-corrected chi connectivity index (χ3v) is 3.31. The van der Waals surface area contributed by atoms with Gasteiger partial charge in [-0.05, 0) is 0 Å². The van der Waals surface area contributed by atoms with Gasteiger partial charge in [-0.1, -0.05) is 0 Å². The SMILES string of the molecule is NN1CC2CN(I)C2C1. The van der Waals surface area contributed by atoms with E-state index < -0.39 is 0 Å². The van der Waals surface area contributed by atoms with E-state index in [0.29, 0.717) is 0 Å². The summed E-state index contributed by atoms with van der Waals surface area (Å²) in [4.78, 5) is 0. The lowest BCUT2D eigenvalue weighted by atomic mass is 9.96. The van der Waals surface area contributed by atoms with Gasteiger partial charge in [0, 0.05) is 54.5 Å². The molecule has 2 aliphatic rings. The smallest absolute Gasteiger partial charge is 0.0389 e. The Bertz CT molecular complexity index is 129. The Hall–Kier alpha value is 0.610. The standard InChI is InChI=1S/C5H10IN3/c6-9-2-4-1-8(7)3-5(4)9/h4-5H,1-3,7H2. The fourth-order valence-corrected chi connectivity index (χ4v) is 2.74. The molecule has 0 saturated carbocycles. The van der Waals surface area contributed by atoms with Crippen molar-refractivity contribution >= 4 is 22.9 Å². The highest BCUT2D eigenvalue weighted by Gasteiger charge is 2.43. The third-order valence-electron chi connectivity index (χ3n) is 2.20. The molecule has 0 amide bonds. The van der Waals surface area contributed by atoms with Gasteiger partial charge < -0.3 is 0 Å². The number of rotatable bonds is 0. The van der Waals surface area contributed by atoms with Gasteiger partial charge >= 0.3 is 0 Å². The summed E-state index contributed by atoms with van der Waals surface area (Å²) in [6.45, 7) is 3.40. The lowest BCUT2D eigenvalue weighted by Crippen LogP contribution is -2.49. The minimum Gasteiger partial charge on any atom is -0.269 e. The van der Waals surface area contributed by atoms with Crippen LogP contribution in [0.25, 0.3) is 0 Å². The minimum absolute atomic E-state index is 0.760. The van der Waals surface area contributed by atoms with Crippen LogP contribution in [0.1, 0.15) is 0 Å². The largest absolute Gasteiger partial charge is 0.269 e. The van der Waals surface area contributed by atoms with E-state index in [1.807, 2.05) is 5.01 Å². The fraction of sp³-hybridized carbons (Fsp3) is 1.00. The Morgan fingerprint density at radius 3 is 2.56 bits per heavy atom. The van der Waals surface area contributed by atoms with Gasteiger partial charge in [0.15, 0.2) is 0 Å².